The molecule has 0 aromatic carbocycles. The third kappa shape index (κ3) is 4.29. The molecule has 0 amide bonds. The van der Waals surface area contributed by atoms with Gasteiger partial charge in [-0.15, -0.1) is 5.10 Å². The van der Waals surface area contributed by atoms with Gasteiger partial charge in [0.05, 0.1) is 11.6 Å². The molecule has 3 aromatic heterocycles. The average Bonchev–Trinajstić information content (AvgIpc) is 3.30. The highest BCUT2D eigenvalue weighted by Gasteiger charge is 2.28. The van der Waals surface area contributed by atoms with Crippen LogP contribution in [0.5, 0.6) is 0 Å². The van der Waals surface area contributed by atoms with E-state index in [9.17, 15) is 0 Å². The minimum absolute atomic E-state index is 0.127. The molecule has 0 aliphatic heterocycles. The Labute approximate surface area is 173 Å². The Kier molecular flexibility index (Phi) is 5.68. The lowest BCUT2D eigenvalue weighted by molar-refractivity contribution is 0.276. The van der Waals surface area contributed by atoms with Crippen molar-refractivity contribution < 1.29 is 5.11 Å². The number of halogens is 1. The number of nitrogens with zero attached hydrogens (tertiary/aromatic N) is 6. The summed E-state index contributed by atoms with van der Waals surface area (Å²) >= 11 is 2.24. The Balaban J connectivity index is 1.62. The molecule has 0 saturated heterocycles. The van der Waals surface area contributed by atoms with Crippen molar-refractivity contribution in [2.75, 3.05) is 17.2 Å². The number of aliphatic hydroxyl groups excluding tert-OH is 1. The van der Waals surface area contributed by atoms with Gasteiger partial charge in [-0.25, -0.2) is 0 Å². The van der Waals surface area contributed by atoms with E-state index in [1.807, 2.05) is 16.2 Å². The van der Waals surface area contributed by atoms with Crippen LogP contribution in [-0.4, -0.2) is 46.7 Å². The number of aryl methyl sites for hydroxylation is 1. The molecule has 0 unspecified atom stereocenters. The lowest BCUT2D eigenvalue weighted by Crippen LogP contribution is -2.18. The predicted molar refractivity (Wildman–Crippen MR) is 115 cm³/mol. The van der Waals surface area contributed by atoms with Crippen LogP contribution in [0.2, 0.25) is 0 Å². The number of anilines is 3. The van der Waals surface area contributed by atoms with Crippen LogP contribution in [0.25, 0.3) is 11.0 Å². The van der Waals surface area contributed by atoms with E-state index in [1.54, 1.807) is 20.0 Å². The molecule has 1 atom stereocenters. The van der Waals surface area contributed by atoms with E-state index >= 15 is 0 Å². The van der Waals surface area contributed by atoms with Gasteiger partial charge < -0.3 is 15.7 Å². The fourth-order valence-corrected chi connectivity index (χ4v) is 4.22. The number of aliphatic hydroxyl groups is 1. The molecule has 3 heterocycles. The topological polar surface area (TPSA) is 106 Å². The van der Waals surface area contributed by atoms with Gasteiger partial charge in [0.1, 0.15) is 5.82 Å². The third-order valence-corrected chi connectivity index (χ3v) is 6.32. The van der Waals surface area contributed by atoms with Crippen LogP contribution in [-0.2, 0) is 6.54 Å². The van der Waals surface area contributed by atoms with Crippen molar-refractivity contribution in [1.82, 2.24) is 28.9 Å². The summed E-state index contributed by atoms with van der Waals surface area (Å²) in [6.45, 7) is 2.95. The van der Waals surface area contributed by atoms with Crippen molar-refractivity contribution in [2.24, 2.45) is 5.92 Å². The van der Waals surface area contributed by atoms with Gasteiger partial charge in [0.2, 0.25) is 5.95 Å². The first-order valence-corrected chi connectivity index (χ1v) is 12.2. The van der Waals surface area contributed by atoms with Crippen LogP contribution < -0.4 is 10.6 Å². The van der Waals surface area contributed by atoms with Crippen molar-refractivity contribution in [3.8, 4) is 0 Å². The van der Waals surface area contributed by atoms with Gasteiger partial charge in [0.25, 0.3) is 0 Å². The summed E-state index contributed by atoms with van der Waals surface area (Å²) in [5, 5.41) is 24.8. The Morgan fingerprint density at radius 1 is 1.41 bits per heavy atom. The molecule has 0 radical (unpaired) electrons. The number of rotatable bonds is 9. The highest BCUT2D eigenvalue weighted by molar-refractivity contribution is 14.2. The smallest absolute Gasteiger partial charge is 0.232 e. The van der Waals surface area contributed by atoms with E-state index in [-0.39, 0.29) is 6.61 Å². The standard InChI is InChI=1S/C16H21IN8OS/c1-10(11-3-4-11)18-14-12-5-7-25(27-17)15(12)21-16(20-14)19-13-9-24(23-22-13)6-2-8-26/h5,7,9-11,26H,2-4,6,8H2,1H3,(H2,18,19,20,21)/t10-/m0/s1. The maximum atomic E-state index is 8.94. The van der Waals surface area contributed by atoms with Crippen LogP contribution in [0.15, 0.2) is 18.5 Å². The number of hydrogen-bond donors (Lipinski definition) is 3. The van der Waals surface area contributed by atoms with Gasteiger partial charge in [-0.05, 0) is 38.2 Å². The Morgan fingerprint density at radius 2 is 2.26 bits per heavy atom. The quantitative estimate of drug-likeness (QED) is 0.385. The maximum Gasteiger partial charge on any atom is 0.232 e. The van der Waals surface area contributed by atoms with Crippen LogP contribution in [0.4, 0.5) is 17.6 Å². The molecule has 1 fully saturated rings. The first kappa shape index (κ1) is 18.7. The number of hydrogen-bond acceptors (Lipinski definition) is 8. The zero-order valence-corrected chi connectivity index (χ0v) is 17.8. The van der Waals surface area contributed by atoms with Crippen molar-refractivity contribution >= 4 is 58.9 Å². The number of aromatic nitrogens is 6. The summed E-state index contributed by atoms with van der Waals surface area (Å²) in [6.07, 6.45) is 6.97. The Hall–Kier alpha value is -1.60. The lowest BCUT2D eigenvalue weighted by Gasteiger charge is -2.15. The maximum absolute atomic E-state index is 8.94. The molecule has 1 aliphatic carbocycles. The second-order valence-corrected chi connectivity index (χ2v) is 8.40. The lowest BCUT2D eigenvalue weighted by atomic mass is 10.2. The van der Waals surface area contributed by atoms with Crippen LogP contribution in [0.3, 0.4) is 0 Å². The Bertz CT molecular complexity index is 924. The van der Waals surface area contributed by atoms with Crippen LogP contribution in [0, 0.1) is 5.92 Å². The first-order chi connectivity index (χ1) is 13.2. The highest BCUT2D eigenvalue weighted by atomic mass is 127. The molecule has 4 rings (SSSR count). The molecule has 144 valence electrons. The molecule has 11 heteroatoms. The van der Waals surface area contributed by atoms with E-state index < -0.39 is 0 Å². The largest absolute Gasteiger partial charge is 0.396 e. The molecule has 3 aromatic rings. The van der Waals surface area contributed by atoms with Gasteiger partial charge in [-0.1, -0.05) is 5.21 Å². The molecule has 1 saturated carbocycles. The summed E-state index contributed by atoms with van der Waals surface area (Å²) in [4.78, 5) is 9.35. The van der Waals surface area contributed by atoms with E-state index in [0.717, 1.165) is 22.8 Å². The summed E-state index contributed by atoms with van der Waals surface area (Å²) in [5.41, 5.74) is 0.852. The zero-order chi connectivity index (χ0) is 18.8. The summed E-state index contributed by atoms with van der Waals surface area (Å²) in [6, 6.07) is 2.42. The number of fused-ring (bicyclic) bond motifs is 1. The average molecular weight is 500 g/mol. The second kappa shape index (κ2) is 8.19. The van der Waals surface area contributed by atoms with Crippen LogP contribution >= 0.6 is 30.3 Å². The summed E-state index contributed by atoms with van der Waals surface area (Å²) < 4.78 is 3.70. The Morgan fingerprint density at radius 3 is 3.00 bits per heavy atom. The minimum Gasteiger partial charge on any atom is -0.396 e. The molecule has 0 spiro atoms. The van der Waals surface area contributed by atoms with Gasteiger partial charge in [0.15, 0.2) is 11.5 Å². The van der Waals surface area contributed by atoms with E-state index in [4.69, 9.17) is 5.11 Å². The highest BCUT2D eigenvalue weighted by Crippen LogP contribution is 2.35. The predicted octanol–water partition coefficient (Wildman–Crippen LogP) is 3.21. The second-order valence-electron chi connectivity index (χ2n) is 6.68. The summed E-state index contributed by atoms with van der Waals surface area (Å²) in [5.74, 6) is 2.61. The van der Waals surface area contributed by atoms with Crippen molar-refractivity contribution in [1.29, 1.82) is 0 Å². The zero-order valence-electron chi connectivity index (χ0n) is 14.8. The fraction of sp³-hybridized carbons (Fsp3) is 0.500. The van der Waals surface area contributed by atoms with E-state index in [1.165, 1.54) is 12.8 Å². The molecule has 1 aliphatic rings. The van der Waals surface area contributed by atoms with Crippen LogP contribution in [0.1, 0.15) is 26.2 Å². The first-order valence-electron chi connectivity index (χ1n) is 8.90. The summed E-state index contributed by atoms with van der Waals surface area (Å²) in [7, 11) is 1.56. The normalized spacial score (nSPS) is 15.2. The SMILES string of the molecule is C[C@H](Nc1nc(Nc2cn(CCCO)nn2)nc2c1ccn2SI)C1CC1. The molecular formula is C16H21IN8OS. The minimum atomic E-state index is 0.127. The van der Waals surface area contributed by atoms with Crippen molar-refractivity contribution in [3.05, 3.63) is 18.5 Å². The molecule has 3 N–H and O–H groups in total. The van der Waals surface area contributed by atoms with Gasteiger partial charge >= 0.3 is 0 Å². The monoisotopic (exact) mass is 500 g/mol. The fourth-order valence-electron chi connectivity index (χ4n) is 2.96. The van der Waals surface area contributed by atoms with Gasteiger partial charge in [-0.2, -0.15) is 9.97 Å². The van der Waals surface area contributed by atoms with E-state index in [2.05, 4.69) is 59.0 Å². The number of nitrogens with one attached hydrogen (secondary N) is 2. The van der Waals surface area contributed by atoms with E-state index in [0.29, 0.717) is 30.8 Å². The van der Waals surface area contributed by atoms with Crippen molar-refractivity contribution in [3.63, 3.8) is 0 Å². The molecule has 9 nitrogen and oxygen atoms in total. The molecule has 27 heavy (non-hydrogen) atoms. The molecular weight excluding hydrogens is 479 g/mol. The van der Waals surface area contributed by atoms with Gasteiger partial charge in [0, 0.05) is 55.7 Å². The third-order valence-electron chi connectivity index (χ3n) is 4.60. The van der Waals surface area contributed by atoms with Gasteiger partial charge in [-0.3, -0.25) is 8.65 Å². The van der Waals surface area contributed by atoms with Crippen molar-refractivity contribution in [2.45, 2.75) is 38.8 Å². The molecule has 0 bridgehead atoms.